The van der Waals surface area contributed by atoms with E-state index in [1.54, 1.807) is 36.4 Å². The Morgan fingerprint density at radius 3 is 1.28 bits per heavy atom. The number of hydrogen-bond acceptors (Lipinski definition) is 2. The number of phenols is 1. The van der Waals surface area contributed by atoms with E-state index in [0.717, 1.165) is 5.92 Å². The Hall–Kier alpha value is -1.61. The second kappa shape index (κ2) is 22.2. The van der Waals surface area contributed by atoms with Gasteiger partial charge in [-0.05, 0) is 39.0 Å². The summed E-state index contributed by atoms with van der Waals surface area (Å²) < 4.78 is 12.4. The van der Waals surface area contributed by atoms with Crippen LogP contribution < -0.4 is 0 Å². The van der Waals surface area contributed by atoms with E-state index in [2.05, 4.69) is 20.8 Å². The molecule has 0 radical (unpaired) electrons. The standard InChI is InChI=1S/C21H29O4P.C21H44/c1-20(2,3)16-12-15(13-17(18(16)22)21(4,5)6)19(26(23,24)25)14-10-8-7-9-11-14;1-4-5-6-7-8-9-10-11-12-13-14-15-16-17-18-19-20-21(2)3/h7-13,19,22H,1-6H3,(H2,23,24,25);21H,4-20H2,1-3H3. The van der Waals surface area contributed by atoms with Gasteiger partial charge in [-0.1, -0.05) is 214 Å². The fraction of sp³-hybridized carbons (Fsp3) is 0.714. The van der Waals surface area contributed by atoms with Gasteiger partial charge in [-0.25, -0.2) is 0 Å². The summed E-state index contributed by atoms with van der Waals surface area (Å²) in [6.45, 7) is 18.9. The first-order valence-electron chi connectivity index (χ1n) is 19.0. The number of phenolic OH excluding ortho intramolecular Hbond substituents is 1. The lowest BCUT2D eigenvalue weighted by Gasteiger charge is -2.30. The molecule has 2 rings (SSSR count). The highest BCUT2D eigenvalue weighted by Gasteiger charge is 2.35. The van der Waals surface area contributed by atoms with Crippen molar-refractivity contribution in [3.63, 3.8) is 0 Å². The van der Waals surface area contributed by atoms with Crippen LogP contribution in [0.3, 0.4) is 0 Å². The van der Waals surface area contributed by atoms with E-state index in [0.29, 0.717) is 22.3 Å². The van der Waals surface area contributed by atoms with Gasteiger partial charge in [0.1, 0.15) is 11.4 Å². The molecule has 4 nitrogen and oxygen atoms in total. The van der Waals surface area contributed by atoms with Gasteiger partial charge in [0.15, 0.2) is 0 Å². The minimum absolute atomic E-state index is 0.200. The Bertz CT molecular complexity index is 1100. The molecular weight excluding hydrogens is 599 g/mol. The highest BCUT2D eigenvalue weighted by Crippen LogP contribution is 2.57. The molecule has 0 amide bonds. The molecule has 1 atom stereocenters. The minimum atomic E-state index is -4.46. The summed E-state index contributed by atoms with van der Waals surface area (Å²) in [6, 6.07) is 12.3. The molecule has 2 aromatic carbocycles. The molecule has 270 valence electrons. The second-order valence-electron chi connectivity index (χ2n) is 16.4. The Morgan fingerprint density at radius 2 is 0.957 bits per heavy atom. The van der Waals surface area contributed by atoms with Crippen LogP contribution in [0.25, 0.3) is 0 Å². The maximum atomic E-state index is 12.4. The molecule has 0 fully saturated rings. The third kappa shape index (κ3) is 18.1. The first-order valence-corrected chi connectivity index (χ1v) is 20.7. The average molecular weight is 673 g/mol. The Kier molecular flexibility index (Phi) is 20.5. The van der Waals surface area contributed by atoms with Crippen molar-refractivity contribution in [3.05, 3.63) is 64.7 Å². The molecule has 2 aromatic rings. The van der Waals surface area contributed by atoms with E-state index in [4.69, 9.17) is 0 Å². The molecule has 0 saturated heterocycles. The van der Waals surface area contributed by atoms with Crippen LogP contribution in [0.1, 0.15) is 199 Å². The van der Waals surface area contributed by atoms with Gasteiger partial charge in [0, 0.05) is 0 Å². The Labute approximate surface area is 290 Å². The lowest BCUT2D eigenvalue weighted by Crippen LogP contribution is -2.18. The summed E-state index contributed by atoms with van der Waals surface area (Å²) in [7, 11) is -4.46. The quantitative estimate of drug-likeness (QED) is 0.0966. The number of aromatic hydroxyl groups is 1. The maximum absolute atomic E-state index is 12.4. The molecular formula is C42H73O4P. The van der Waals surface area contributed by atoms with E-state index < -0.39 is 13.3 Å². The molecule has 47 heavy (non-hydrogen) atoms. The normalized spacial score (nSPS) is 13.0. The zero-order chi connectivity index (χ0) is 35.5. The van der Waals surface area contributed by atoms with Gasteiger partial charge in [0.25, 0.3) is 0 Å². The smallest absolute Gasteiger partial charge is 0.337 e. The van der Waals surface area contributed by atoms with Crippen LogP contribution in [-0.2, 0) is 15.4 Å². The van der Waals surface area contributed by atoms with E-state index >= 15 is 0 Å². The van der Waals surface area contributed by atoms with Crippen molar-refractivity contribution >= 4 is 7.60 Å². The zero-order valence-electron chi connectivity index (χ0n) is 31.9. The molecule has 5 heteroatoms. The topological polar surface area (TPSA) is 77.8 Å². The van der Waals surface area contributed by atoms with Crippen LogP contribution in [0.5, 0.6) is 5.75 Å². The second-order valence-corrected chi connectivity index (χ2v) is 18.0. The lowest BCUT2D eigenvalue weighted by atomic mass is 9.78. The molecule has 3 N–H and O–H groups in total. The Morgan fingerprint density at radius 1 is 0.596 bits per heavy atom. The molecule has 0 aromatic heterocycles. The van der Waals surface area contributed by atoms with Crippen LogP contribution in [0.15, 0.2) is 42.5 Å². The number of unbranched alkanes of at least 4 members (excludes halogenated alkanes) is 15. The highest BCUT2D eigenvalue weighted by atomic mass is 31.2. The Balaban J connectivity index is 0.000000483. The van der Waals surface area contributed by atoms with E-state index in [1.165, 1.54) is 109 Å². The SMILES string of the molecule is CC(C)(C)c1cc(C(c2ccccc2)P(=O)(O)O)cc(C(C)(C)C)c1O.CCCCCCCCCCCCCCCCCCC(C)C. The van der Waals surface area contributed by atoms with Crippen molar-refractivity contribution in [1.29, 1.82) is 0 Å². The predicted octanol–water partition coefficient (Wildman–Crippen LogP) is 13.5. The number of benzene rings is 2. The summed E-state index contributed by atoms with van der Waals surface area (Å²) >= 11 is 0. The maximum Gasteiger partial charge on any atom is 0.337 e. The van der Waals surface area contributed by atoms with Crippen LogP contribution in [0.4, 0.5) is 0 Å². The monoisotopic (exact) mass is 673 g/mol. The van der Waals surface area contributed by atoms with Crippen molar-refractivity contribution in [2.45, 2.75) is 188 Å². The first kappa shape index (κ1) is 43.4. The highest BCUT2D eigenvalue weighted by molar-refractivity contribution is 7.52. The summed E-state index contributed by atoms with van der Waals surface area (Å²) in [6.07, 6.45) is 25.0. The largest absolute Gasteiger partial charge is 0.507 e. The molecule has 1 unspecified atom stereocenters. The van der Waals surface area contributed by atoms with Crippen molar-refractivity contribution in [2.75, 3.05) is 0 Å². The van der Waals surface area contributed by atoms with Gasteiger partial charge < -0.3 is 14.9 Å². The lowest BCUT2D eigenvalue weighted by molar-refractivity contribution is 0.364. The number of rotatable bonds is 20. The van der Waals surface area contributed by atoms with Crippen LogP contribution in [-0.4, -0.2) is 14.9 Å². The first-order chi connectivity index (χ1) is 22.0. The third-order valence-electron chi connectivity index (χ3n) is 9.15. The van der Waals surface area contributed by atoms with E-state index in [9.17, 15) is 19.5 Å². The summed E-state index contributed by atoms with van der Waals surface area (Å²) in [5.74, 6) is 1.10. The van der Waals surface area contributed by atoms with Crippen molar-refractivity contribution < 1.29 is 19.5 Å². The summed E-state index contributed by atoms with van der Waals surface area (Å²) in [5, 5.41) is 10.8. The molecule has 0 aliphatic carbocycles. The van der Waals surface area contributed by atoms with Gasteiger partial charge in [0.05, 0.1) is 0 Å². The average Bonchev–Trinajstić information content (AvgIpc) is 2.96. The molecule has 0 spiro atoms. The fourth-order valence-corrected chi connectivity index (χ4v) is 7.37. The van der Waals surface area contributed by atoms with Gasteiger partial charge in [0.2, 0.25) is 0 Å². The van der Waals surface area contributed by atoms with Crippen molar-refractivity contribution in [1.82, 2.24) is 0 Å². The van der Waals surface area contributed by atoms with E-state index in [-0.39, 0.29) is 16.6 Å². The molecule has 0 saturated carbocycles. The summed E-state index contributed by atoms with van der Waals surface area (Å²) in [4.78, 5) is 20.2. The van der Waals surface area contributed by atoms with Crippen LogP contribution in [0, 0.1) is 5.92 Å². The molecule has 0 heterocycles. The zero-order valence-corrected chi connectivity index (χ0v) is 32.8. The molecule has 0 aliphatic rings. The molecule has 0 aliphatic heterocycles. The molecule has 0 bridgehead atoms. The van der Waals surface area contributed by atoms with Gasteiger partial charge >= 0.3 is 7.60 Å². The van der Waals surface area contributed by atoms with E-state index in [1.807, 2.05) is 47.6 Å². The van der Waals surface area contributed by atoms with Crippen molar-refractivity contribution in [3.8, 4) is 5.75 Å². The predicted molar refractivity (Wildman–Crippen MR) is 205 cm³/mol. The summed E-state index contributed by atoms with van der Waals surface area (Å²) in [5.41, 5.74) is 0.672. The van der Waals surface area contributed by atoms with Crippen molar-refractivity contribution in [2.24, 2.45) is 5.92 Å². The fourth-order valence-electron chi connectivity index (χ4n) is 6.27. The third-order valence-corrected chi connectivity index (χ3v) is 10.4. The van der Waals surface area contributed by atoms with Gasteiger partial charge in [-0.2, -0.15) is 0 Å². The van der Waals surface area contributed by atoms with Gasteiger partial charge in [-0.15, -0.1) is 0 Å². The minimum Gasteiger partial charge on any atom is -0.507 e. The van der Waals surface area contributed by atoms with Gasteiger partial charge in [-0.3, -0.25) is 4.57 Å². The van der Waals surface area contributed by atoms with Crippen LogP contribution >= 0.6 is 7.60 Å². The van der Waals surface area contributed by atoms with Crippen LogP contribution in [0.2, 0.25) is 0 Å². The number of hydrogen-bond donors (Lipinski definition) is 3.